The molecule has 0 bridgehead atoms. The van der Waals surface area contributed by atoms with Crippen LogP contribution in [0.25, 0.3) is 0 Å². The summed E-state index contributed by atoms with van der Waals surface area (Å²) in [6, 6.07) is 0. The molecule has 144 valence electrons. The number of hydrogen-bond acceptors (Lipinski definition) is 5. The second-order valence-electron chi connectivity index (χ2n) is 7.28. The average molecular weight is 363 g/mol. The number of nitrogens with one attached hydrogen (secondary N) is 1. The Hall–Kier alpha value is -2.15. The Balaban J connectivity index is 2.11. The molecule has 0 aliphatic carbocycles. The van der Waals surface area contributed by atoms with Gasteiger partial charge in [0.05, 0.1) is 24.8 Å². The zero-order chi connectivity index (χ0) is 19.4. The topological polar surface area (TPSA) is 82.7 Å². The monoisotopic (exact) mass is 363 g/mol. The molecular weight excluding hydrogens is 334 g/mol. The van der Waals surface area contributed by atoms with Crippen molar-refractivity contribution in [2.24, 2.45) is 5.92 Å². The highest BCUT2D eigenvalue weighted by Crippen LogP contribution is 2.21. The standard InChI is InChI=1S/C19H29N3O4/c1-12(2)11-21-6-8-22(9-7-21)16(24)10-15-17(19(25)26-5)13(3)18(20-15)14(4)23/h12,20H,6-11H2,1-5H3. The summed E-state index contributed by atoms with van der Waals surface area (Å²) >= 11 is 0. The third-order valence-corrected chi connectivity index (χ3v) is 4.75. The number of esters is 1. The summed E-state index contributed by atoms with van der Waals surface area (Å²) < 4.78 is 4.83. The molecule has 2 rings (SSSR count). The summed E-state index contributed by atoms with van der Waals surface area (Å²) in [5.41, 5.74) is 1.64. The molecule has 1 aromatic heterocycles. The number of aromatic nitrogens is 1. The number of nitrogens with zero attached hydrogens (tertiary/aromatic N) is 2. The van der Waals surface area contributed by atoms with Crippen LogP contribution in [-0.4, -0.2) is 72.3 Å². The lowest BCUT2D eigenvalue weighted by Gasteiger charge is -2.35. The van der Waals surface area contributed by atoms with Crippen LogP contribution in [0.2, 0.25) is 0 Å². The predicted molar refractivity (Wildman–Crippen MR) is 98.4 cm³/mol. The van der Waals surface area contributed by atoms with Gasteiger partial charge >= 0.3 is 5.97 Å². The van der Waals surface area contributed by atoms with Gasteiger partial charge in [0.15, 0.2) is 5.78 Å². The van der Waals surface area contributed by atoms with Gasteiger partial charge in [-0.3, -0.25) is 14.5 Å². The number of ketones is 1. The molecule has 0 spiro atoms. The number of hydrogen-bond donors (Lipinski definition) is 1. The Kier molecular flexibility index (Phi) is 6.58. The van der Waals surface area contributed by atoms with Crippen molar-refractivity contribution in [3.05, 3.63) is 22.5 Å². The first kappa shape index (κ1) is 20.2. The SMILES string of the molecule is COC(=O)c1c(CC(=O)N2CCN(CC(C)C)CC2)[nH]c(C(C)=O)c1C. The number of ether oxygens (including phenoxy) is 1. The van der Waals surface area contributed by atoms with Crippen molar-refractivity contribution in [3.63, 3.8) is 0 Å². The largest absolute Gasteiger partial charge is 0.465 e. The number of Topliss-reactive ketones (excluding diaryl/α,β-unsaturated/α-hetero) is 1. The Morgan fingerprint density at radius 3 is 2.27 bits per heavy atom. The van der Waals surface area contributed by atoms with E-state index in [1.165, 1.54) is 14.0 Å². The molecule has 26 heavy (non-hydrogen) atoms. The minimum absolute atomic E-state index is 0.0456. The van der Waals surface area contributed by atoms with Crippen molar-refractivity contribution in [3.8, 4) is 0 Å². The Morgan fingerprint density at radius 2 is 1.77 bits per heavy atom. The van der Waals surface area contributed by atoms with Gasteiger partial charge in [-0.15, -0.1) is 0 Å². The van der Waals surface area contributed by atoms with E-state index >= 15 is 0 Å². The molecule has 0 unspecified atom stereocenters. The molecule has 0 saturated carbocycles. The molecule has 1 N–H and O–H groups in total. The van der Waals surface area contributed by atoms with Crippen molar-refractivity contribution < 1.29 is 19.1 Å². The smallest absolute Gasteiger partial charge is 0.339 e. The van der Waals surface area contributed by atoms with Crippen molar-refractivity contribution in [1.29, 1.82) is 0 Å². The van der Waals surface area contributed by atoms with Crippen LogP contribution < -0.4 is 0 Å². The molecule has 1 aromatic rings. The number of carbonyl (C=O) groups excluding carboxylic acids is 3. The molecule has 1 aliphatic heterocycles. The van der Waals surface area contributed by atoms with E-state index in [2.05, 4.69) is 23.7 Å². The maximum absolute atomic E-state index is 12.7. The summed E-state index contributed by atoms with van der Waals surface area (Å²) in [4.78, 5) is 43.7. The molecule has 1 saturated heterocycles. The molecule has 0 atom stereocenters. The van der Waals surface area contributed by atoms with Crippen LogP contribution in [0.15, 0.2) is 0 Å². The molecule has 7 nitrogen and oxygen atoms in total. The molecule has 7 heteroatoms. The first-order valence-electron chi connectivity index (χ1n) is 9.05. The van der Waals surface area contributed by atoms with Gasteiger partial charge in [-0.1, -0.05) is 13.8 Å². The summed E-state index contributed by atoms with van der Waals surface area (Å²) in [5, 5.41) is 0. The predicted octanol–water partition coefficient (Wildman–Crippen LogP) is 1.66. The minimum atomic E-state index is -0.532. The van der Waals surface area contributed by atoms with E-state index in [0.29, 0.717) is 41.5 Å². The van der Waals surface area contributed by atoms with Crippen molar-refractivity contribution in [2.75, 3.05) is 39.8 Å². The molecule has 0 aromatic carbocycles. The van der Waals surface area contributed by atoms with Gasteiger partial charge in [0.2, 0.25) is 5.91 Å². The van der Waals surface area contributed by atoms with Crippen LogP contribution in [0.1, 0.15) is 52.9 Å². The number of methoxy groups -OCH3 is 1. The summed E-state index contributed by atoms with van der Waals surface area (Å²) in [5.74, 6) is -0.146. The average Bonchev–Trinajstić information content (AvgIpc) is 2.90. The highest BCUT2D eigenvalue weighted by atomic mass is 16.5. The second kappa shape index (κ2) is 8.49. The quantitative estimate of drug-likeness (QED) is 0.614. The lowest BCUT2D eigenvalue weighted by atomic mass is 10.1. The fourth-order valence-electron chi connectivity index (χ4n) is 3.48. The van der Waals surface area contributed by atoms with Crippen molar-refractivity contribution in [1.82, 2.24) is 14.8 Å². The van der Waals surface area contributed by atoms with E-state index in [1.807, 2.05) is 4.90 Å². The summed E-state index contributed by atoms with van der Waals surface area (Å²) in [7, 11) is 1.29. The number of piperazine rings is 1. The summed E-state index contributed by atoms with van der Waals surface area (Å²) in [6.07, 6.45) is 0.0583. The van der Waals surface area contributed by atoms with Crippen molar-refractivity contribution >= 4 is 17.7 Å². The normalized spacial score (nSPS) is 15.4. The highest BCUT2D eigenvalue weighted by Gasteiger charge is 2.27. The third kappa shape index (κ3) is 4.52. The third-order valence-electron chi connectivity index (χ3n) is 4.75. The van der Waals surface area contributed by atoms with Gasteiger partial charge in [-0.25, -0.2) is 4.79 Å². The van der Waals surface area contributed by atoms with E-state index < -0.39 is 5.97 Å². The van der Waals surface area contributed by atoms with E-state index in [4.69, 9.17) is 4.74 Å². The van der Waals surface area contributed by atoms with Gasteiger partial charge in [-0.05, 0) is 18.4 Å². The fourth-order valence-corrected chi connectivity index (χ4v) is 3.48. The molecule has 2 heterocycles. The van der Waals surface area contributed by atoms with E-state index in [1.54, 1.807) is 6.92 Å². The second-order valence-corrected chi connectivity index (χ2v) is 7.28. The number of aromatic amines is 1. The van der Waals surface area contributed by atoms with Gasteiger partial charge in [0, 0.05) is 45.3 Å². The van der Waals surface area contributed by atoms with Crippen LogP contribution in [-0.2, 0) is 16.0 Å². The van der Waals surface area contributed by atoms with Crippen LogP contribution in [0.3, 0.4) is 0 Å². The van der Waals surface area contributed by atoms with Crippen molar-refractivity contribution in [2.45, 2.75) is 34.1 Å². The first-order valence-corrected chi connectivity index (χ1v) is 9.05. The first-order chi connectivity index (χ1) is 12.2. The Bertz CT molecular complexity index is 685. The minimum Gasteiger partial charge on any atom is -0.465 e. The van der Waals surface area contributed by atoms with Gasteiger partial charge in [0.1, 0.15) is 0 Å². The summed E-state index contributed by atoms with van der Waals surface area (Å²) in [6.45, 7) is 11.6. The lowest BCUT2D eigenvalue weighted by Crippen LogP contribution is -2.49. The van der Waals surface area contributed by atoms with Gasteiger partial charge in [0.25, 0.3) is 0 Å². The Labute approximate surface area is 154 Å². The van der Waals surface area contributed by atoms with Crippen LogP contribution in [0, 0.1) is 12.8 Å². The number of H-pyrrole nitrogens is 1. The lowest BCUT2D eigenvalue weighted by molar-refractivity contribution is -0.132. The van der Waals surface area contributed by atoms with Gasteiger partial charge in [-0.2, -0.15) is 0 Å². The maximum atomic E-state index is 12.7. The Morgan fingerprint density at radius 1 is 1.15 bits per heavy atom. The highest BCUT2D eigenvalue weighted by molar-refractivity contribution is 6.01. The molecule has 1 fully saturated rings. The van der Waals surface area contributed by atoms with Crippen LogP contribution in [0.5, 0.6) is 0 Å². The maximum Gasteiger partial charge on any atom is 0.339 e. The van der Waals surface area contributed by atoms with Crippen LogP contribution in [0.4, 0.5) is 0 Å². The zero-order valence-corrected chi connectivity index (χ0v) is 16.3. The molecule has 1 aliphatic rings. The fraction of sp³-hybridized carbons (Fsp3) is 0.632. The number of rotatable bonds is 6. The number of amides is 1. The van der Waals surface area contributed by atoms with E-state index in [9.17, 15) is 14.4 Å². The van der Waals surface area contributed by atoms with Gasteiger partial charge < -0.3 is 14.6 Å². The molecular formula is C19H29N3O4. The molecule has 1 amide bonds. The zero-order valence-electron chi connectivity index (χ0n) is 16.3. The van der Waals surface area contributed by atoms with Crippen LogP contribution >= 0.6 is 0 Å². The van der Waals surface area contributed by atoms with E-state index in [0.717, 1.165) is 19.6 Å². The number of carbonyl (C=O) groups is 3. The van der Waals surface area contributed by atoms with E-state index in [-0.39, 0.29) is 18.1 Å². The molecule has 0 radical (unpaired) electrons.